The van der Waals surface area contributed by atoms with Gasteiger partial charge >= 0.3 is 0 Å². The van der Waals surface area contributed by atoms with Gasteiger partial charge in [0.2, 0.25) is 0 Å². The van der Waals surface area contributed by atoms with Gasteiger partial charge in [0, 0.05) is 0 Å². The third-order valence-corrected chi connectivity index (χ3v) is 14.3. The highest BCUT2D eigenvalue weighted by molar-refractivity contribution is 7.86. The molecule has 0 amide bonds. The summed E-state index contributed by atoms with van der Waals surface area (Å²) in [4.78, 5) is 0.130. The van der Waals surface area contributed by atoms with Gasteiger partial charge in [0.05, 0.1) is 111 Å². The standard InChI is InChI=1S/C39H58O11SSi/c1-35-15-17-36(18-16-35)51(40,41)49-33-31-47-29-27-45-25-23-43-21-19-42-20-22-44-24-26-46-28-30-48-32-34-50-52(39(2,3)4,37-11-7-5-8-12-37)38-13-9-6-10-14-38/h5-18H,19-34H2,1-4H3. The average molecular weight is 763 g/mol. The van der Waals surface area contributed by atoms with Crippen LogP contribution in [0, 0.1) is 6.92 Å². The summed E-state index contributed by atoms with van der Waals surface area (Å²) in [5.41, 5.74) is 0.976. The molecule has 11 nitrogen and oxygen atoms in total. The summed E-state index contributed by atoms with van der Waals surface area (Å²) >= 11 is 0. The van der Waals surface area contributed by atoms with Gasteiger partial charge in [-0.3, -0.25) is 4.18 Å². The molecule has 0 aliphatic carbocycles. The number of aryl methyl sites for hydroxylation is 1. The van der Waals surface area contributed by atoms with Crippen LogP contribution in [0.2, 0.25) is 5.04 Å². The SMILES string of the molecule is Cc1ccc(S(=O)(=O)OCCOCCOCCOCCOCCOCCOCCOCCO[Si](c2ccccc2)(c2ccccc2)C(C)(C)C)cc1. The summed E-state index contributed by atoms with van der Waals surface area (Å²) < 4.78 is 74.9. The lowest BCUT2D eigenvalue weighted by Gasteiger charge is -2.43. The highest BCUT2D eigenvalue weighted by Crippen LogP contribution is 2.36. The van der Waals surface area contributed by atoms with Gasteiger partial charge in [0.25, 0.3) is 18.4 Å². The molecule has 3 aromatic carbocycles. The van der Waals surface area contributed by atoms with Crippen LogP contribution in [-0.4, -0.2) is 122 Å². The Morgan fingerprint density at radius 2 is 0.788 bits per heavy atom. The highest BCUT2D eigenvalue weighted by Gasteiger charge is 2.50. The van der Waals surface area contributed by atoms with Crippen molar-refractivity contribution in [1.29, 1.82) is 0 Å². The highest BCUT2D eigenvalue weighted by atomic mass is 32.2. The monoisotopic (exact) mass is 762 g/mol. The molecule has 0 aromatic heterocycles. The van der Waals surface area contributed by atoms with Crippen LogP contribution in [0.3, 0.4) is 0 Å². The Balaban J connectivity index is 1.08. The predicted molar refractivity (Wildman–Crippen MR) is 204 cm³/mol. The Morgan fingerprint density at radius 1 is 0.462 bits per heavy atom. The maximum absolute atomic E-state index is 12.1. The molecule has 0 fully saturated rings. The first kappa shape index (κ1) is 43.9. The maximum atomic E-state index is 12.1. The second-order valence-corrected chi connectivity index (χ2v) is 18.8. The van der Waals surface area contributed by atoms with Gasteiger partial charge in [-0.1, -0.05) is 99.1 Å². The lowest BCUT2D eigenvalue weighted by molar-refractivity contribution is -0.0219. The van der Waals surface area contributed by atoms with Crippen molar-refractivity contribution in [3.05, 3.63) is 90.5 Å². The molecule has 0 N–H and O–H groups in total. The van der Waals surface area contributed by atoms with Gasteiger partial charge < -0.3 is 37.6 Å². The second kappa shape index (κ2) is 24.7. The van der Waals surface area contributed by atoms with E-state index in [1.807, 2.05) is 19.1 Å². The molecule has 0 radical (unpaired) electrons. The number of benzene rings is 3. The van der Waals surface area contributed by atoms with E-state index in [0.717, 1.165) is 5.56 Å². The van der Waals surface area contributed by atoms with Crippen LogP contribution in [0.15, 0.2) is 89.8 Å². The van der Waals surface area contributed by atoms with Crippen molar-refractivity contribution >= 4 is 28.8 Å². The lowest BCUT2D eigenvalue weighted by atomic mass is 10.2. The fourth-order valence-electron chi connectivity index (χ4n) is 5.41. The van der Waals surface area contributed by atoms with Crippen molar-refractivity contribution in [3.63, 3.8) is 0 Å². The van der Waals surface area contributed by atoms with Crippen LogP contribution >= 0.6 is 0 Å². The van der Waals surface area contributed by atoms with Gasteiger partial charge in [0.15, 0.2) is 0 Å². The normalized spacial score (nSPS) is 12.4. The molecular formula is C39H58O11SSi. The minimum Gasteiger partial charge on any atom is -0.405 e. The zero-order valence-corrected chi connectivity index (χ0v) is 33.1. The lowest BCUT2D eigenvalue weighted by Crippen LogP contribution is -2.66. The fourth-order valence-corrected chi connectivity index (χ4v) is 10.9. The number of rotatable bonds is 29. The first-order valence-electron chi connectivity index (χ1n) is 17.9. The predicted octanol–water partition coefficient (Wildman–Crippen LogP) is 4.39. The number of hydrogen-bond acceptors (Lipinski definition) is 11. The third kappa shape index (κ3) is 15.8. The van der Waals surface area contributed by atoms with Crippen molar-refractivity contribution in [2.24, 2.45) is 0 Å². The molecule has 0 spiro atoms. The molecule has 52 heavy (non-hydrogen) atoms. The van der Waals surface area contributed by atoms with Crippen LogP contribution < -0.4 is 10.4 Å². The summed E-state index contributed by atoms with van der Waals surface area (Å²) in [6, 6.07) is 27.7. The summed E-state index contributed by atoms with van der Waals surface area (Å²) in [7, 11) is -6.33. The van der Waals surface area contributed by atoms with Crippen molar-refractivity contribution in [2.45, 2.75) is 37.6 Å². The van der Waals surface area contributed by atoms with Crippen LogP contribution in [0.1, 0.15) is 26.3 Å². The Kier molecular flexibility index (Phi) is 20.9. The molecule has 0 aliphatic heterocycles. The Hall–Kier alpha value is -2.53. The largest absolute Gasteiger partial charge is 0.405 e. The van der Waals surface area contributed by atoms with Crippen LogP contribution in [-0.2, 0) is 51.9 Å². The zero-order valence-electron chi connectivity index (χ0n) is 31.3. The Morgan fingerprint density at radius 3 is 1.13 bits per heavy atom. The molecule has 0 saturated carbocycles. The number of ether oxygens (including phenoxy) is 7. The quantitative estimate of drug-likeness (QED) is 0.0570. The van der Waals surface area contributed by atoms with Gasteiger partial charge in [-0.15, -0.1) is 0 Å². The van der Waals surface area contributed by atoms with E-state index in [4.69, 9.17) is 41.8 Å². The van der Waals surface area contributed by atoms with Crippen LogP contribution in [0.4, 0.5) is 0 Å². The molecule has 0 saturated heterocycles. The molecule has 290 valence electrons. The molecule has 3 aromatic rings. The van der Waals surface area contributed by atoms with Crippen molar-refractivity contribution in [3.8, 4) is 0 Å². The van der Waals surface area contributed by atoms with E-state index < -0.39 is 18.4 Å². The Bertz CT molecular complexity index is 1400. The van der Waals surface area contributed by atoms with Gasteiger partial charge in [0.1, 0.15) is 0 Å². The van der Waals surface area contributed by atoms with Crippen molar-refractivity contribution < 1.29 is 50.2 Å². The number of hydrogen-bond donors (Lipinski definition) is 0. The van der Waals surface area contributed by atoms with E-state index in [0.29, 0.717) is 92.5 Å². The summed E-state index contributed by atoms with van der Waals surface area (Å²) in [6.45, 7) is 15.2. The smallest absolute Gasteiger partial charge is 0.297 e. The van der Waals surface area contributed by atoms with E-state index in [9.17, 15) is 8.42 Å². The van der Waals surface area contributed by atoms with Crippen LogP contribution in [0.25, 0.3) is 0 Å². The van der Waals surface area contributed by atoms with E-state index in [1.54, 1.807) is 12.1 Å². The van der Waals surface area contributed by atoms with E-state index in [2.05, 4.69) is 69.3 Å². The minimum atomic E-state index is -3.78. The van der Waals surface area contributed by atoms with E-state index in [-0.39, 0.29) is 23.1 Å². The molecule has 0 heterocycles. The second-order valence-electron chi connectivity index (χ2n) is 12.9. The molecule has 0 aliphatic rings. The molecule has 0 atom stereocenters. The van der Waals surface area contributed by atoms with Gasteiger partial charge in [-0.05, 0) is 34.5 Å². The molecule has 3 rings (SSSR count). The van der Waals surface area contributed by atoms with Gasteiger partial charge in [-0.2, -0.15) is 8.42 Å². The molecule has 0 unspecified atom stereocenters. The summed E-state index contributed by atoms with van der Waals surface area (Å²) in [5.74, 6) is 0. The van der Waals surface area contributed by atoms with E-state index in [1.165, 1.54) is 22.5 Å². The Labute approximate surface area is 312 Å². The van der Waals surface area contributed by atoms with Gasteiger partial charge in [-0.25, -0.2) is 0 Å². The topological polar surface area (TPSA) is 117 Å². The fraction of sp³-hybridized carbons (Fsp3) is 0.538. The average Bonchev–Trinajstić information content (AvgIpc) is 3.13. The van der Waals surface area contributed by atoms with Crippen molar-refractivity contribution in [1.82, 2.24) is 0 Å². The first-order chi connectivity index (χ1) is 25.2. The van der Waals surface area contributed by atoms with Crippen molar-refractivity contribution in [2.75, 3.05) is 106 Å². The summed E-state index contributed by atoms with van der Waals surface area (Å²) in [6.07, 6.45) is 0. The van der Waals surface area contributed by atoms with Crippen LogP contribution in [0.5, 0.6) is 0 Å². The minimum absolute atomic E-state index is 0.0589. The van der Waals surface area contributed by atoms with E-state index >= 15 is 0 Å². The molecule has 0 bridgehead atoms. The maximum Gasteiger partial charge on any atom is 0.297 e. The summed E-state index contributed by atoms with van der Waals surface area (Å²) in [5, 5.41) is 2.45. The first-order valence-corrected chi connectivity index (χ1v) is 21.2. The zero-order chi connectivity index (χ0) is 37.4. The molecule has 13 heteroatoms. The molecular weight excluding hydrogens is 705 g/mol. The third-order valence-electron chi connectivity index (χ3n) is 7.97.